The van der Waals surface area contributed by atoms with Gasteiger partial charge in [0.05, 0.1) is 10.6 Å². The van der Waals surface area contributed by atoms with E-state index < -0.39 is 73.4 Å². The second-order valence-electron chi connectivity index (χ2n) is 5.39. The maximum atomic E-state index is 11.7. The highest BCUT2D eigenvalue weighted by Gasteiger charge is 2.24. The quantitative estimate of drug-likeness (QED) is 0.176. The van der Waals surface area contributed by atoms with Crippen molar-refractivity contribution in [1.82, 2.24) is 0 Å². The van der Waals surface area contributed by atoms with Crippen molar-refractivity contribution in [3.8, 4) is 0 Å². The van der Waals surface area contributed by atoms with Crippen LogP contribution in [-0.4, -0.2) is 50.8 Å². The molecule has 2 rings (SSSR count). The molecule has 17 heteroatoms. The molecule has 9 N–H and O–H groups in total. The second-order valence-corrected chi connectivity index (χ2v) is 9.60. The van der Waals surface area contributed by atoms with Crippen molar-refractivity contribution in [3.05, 3.63) is 24.3 Å². The molecular weight excluding hydrogens is 454 g/mol. The minimum atomic E-state index is -5.06. The molecule has 0 aliphatic carbocycles. The molecule has 0 aliphatic heterocycles. The topological polar surface area (TPSA) is 266 Å². The lowest BCUT2D eigenvalue weighted by molar-refractivity contribution is 0.480. The highest BCUT2D eigenvalue weighted by Crippen LogP contribution is 2.35. The third-order valence-corrected chi connectivity index (χ3v) is 5.91. The third kappa shape index (κ3) is 5.16. The first-order valence-electron chi connectivity index (χ1n) is 6.98. The smallest absolute Gasteiger partial charge is 0.296 e. The van der Waals surface area contributed by atoms with Crippen LogP contribution in [0.5, 0.6) is 0 Å². The van der Waals surface area contributed by atoms with E-state index in [0.29, 0.717) is 18.2 Å². The fourth-order valence-corrected chi connectivity index (χ4v) is 4.25. The molecular formula is C12H13N5O9S3. The van der Waals surface area contributed by atoms with E-state index in [4.69, 9.17) is 17.2 Å². The van der Waals surface area contributed by atoms with E-state index in [2.05, 4.69) is 9.98 Å². The van der Waals surface area contributed by atoms with Gasteiger partial charge in [-0.15, -0.1) is 0 Å². The number of nitrogens with zero attached hydrogens (tertiary/aromatic N) is 2. The van der Waals surface area contributed by atoms with Gasteiger partial charge in [-0.3, -0.25) is 13.7 Å². The molecule has 14 nitrogen and oxygen atoms in total. The van der Waals surface area contributed by atoms with E-state index >= 15 is 0 Å². The molecule has 0 aliphatic rings. The average molecular weight is 467 g/mol. The van der Waals surface area contributed by atoms with Gasteiger partial charge in [0.15, 0.2) is 5.96 Å². The van der Waals surface area contributed by atoms with Gasteiger partial charge in [-0.25, -0.2) is 4.99 Å². The van der Waals surface area contributed by atoms with Crippen LogP contribution in [0.15, 0.2) is 48.9 Å². The number of guanidine groups is 2. The van der Waals surface area contributed by atoms with Crippen LogP contribution in [-0.2, 0) is 30.4 Å². The lowest BCUT2D eigenvalue weighted by Crippen LogP contribution is -2.26. The zero-order chi connectivity index (χ0) is 22.4. The van der Waals surface area contributed by atoms with Crippen LogP contribution < -0.4 is 17.2 Å². The molecule has 0 saturated carbocycles. The van der Waals surface area contributed by atoms with E-state index in [9.17, 15) is 38.9 Å². The Balaban J connectivity index is 3.09. The summed E-state index contributed by atoms with van der Waals surface area (Å²) in [6, 6.07) is 2.56. The Labute approximate surface area is 164 Å². The summed E-state index contributed by atoms with van der Waals surface area (Å²) in [6.45, 7) is 0. The van der Waals surface area contributed by atoms with Gasteiger partial charge in [0, 0.05) is 5.39 Å². The van der Waals surface area contributed by atoms with E-state index in [1.54, 1.807) is 0 Å². The first kappa shape index (κ1) is 22.5. The number of hydrogen-bond acceptors (Lipinski definition) is 7. The van der Waals surface area contributed by atoms with Gasteiger partial charge < -0.3 is 17.2 Å². The SMILES string of the molecule is NC(N)=NC(N)=Nc1cc2c(S(=O)(=O)O)cc(S(=O)(=O)O)cc2cc1S(=O)(=O)O. The molecule has 0 saturated heterocycles. The van der Waals surface area contributed by atoms with E-state index in [-0.39, 0.29) is 0 Å². The molecule has 0 bridgehead atoms. The average Bonchev–Trinajstić information content (AvgIpc) is 2.49. The highest BCUT2D eigenvalue weighted by molar-refractivity contribution is 7.87. The normalized spacial score (nSPS) is 13.4. The molecule has 2 aromatic carbocycles. The van der Waals surface area contributed by atoms with Crippen LogP contribution in [0.4, 0.5) is 5.69 Å². The Hall–Kier alpha value is -2.83. The molecule has 0 atom stereocenters. The van der Waals surface area contributed by atoms with Gasteiger partial charge >= 0.3 is 0 Å². The van der Waals surface area contributed by atoms with Crippen molar-refractivity contribution >= 4 is 58.7 Å². The van der Waals surface area contributed by atoms with Gasteiger partial charge in [-0.05, 0) is 29.7 Å². The first-order valence-corrected chi connectivity index (χ1v) is 11.3. The van der Waals surface area contributed by atoms with Gasteiger partial charge in [0.1, 0.15) is 9.79 Å². The monoisotopic (exact) mass is 467 g/mol. The maximum absolute atomic E-state index is 11.7. The summed E-state index contributed by atoms with van der Waals surface area (Å²) in [6.07, 6.45) is 0. The maximum Gasteiger partial charge on any atom is 0.296 e. The minimum Gasteiger partial charge on any atom is -0.370 e. The van der Waals surface area contributed by atoms with E-state index in [1.807, 2.05) is 0 Å². The van der Waals surface area contributed by atoms with Gasteiger partial charge in [-0.2, -0.15) is 30.2 Å². The Bertz CT molecular complexity index is 1390. The summed E-state index contributed by atoms with van der Waals surface area (Å²) in [5, 5.41) is -0.816. The summed E-state index contributed by atoms with van der Waals surface area (Å²) < 4.78 is 97.5. The van der Waals surface area contributed by atoms with Crippen LogP contribution >= 0.6 is 0 Å². The molecule has 0 spiro atoms. The number of aliphatic imine (C=N–C) groups is 2. The summed E-state index contributed by atoms with van der Waals surface area (Å²) >= 11 is 0. The summed E-state index contributed by atoms with van der Waals surface area (Å²) in [5.74, 6) is -1.21. The minimum absolute atomic E-state index is 0.403. The molecule has 0 amide bonds. The lowest BCUT2D eigenvalue weighted by Gasteiger charge is -2.10. The zero-order valence-corrected chi connectivity index (χ0v) is 16.4. The number of benzene rings is 2. The summed E-state index contributed by atoms with van der Waals surface area (Å²) in [4.78, 5) is 4.03. The van der Waals surface area contributed by atoms with Gasteiger partial charge in [0.25, 0.3) is 30.4 Å². The summed E-state index contributed by atoms with van der Waals surface area (Å²) in [5.41, 5.74) is 15.0. The standard InChI is InChI=1S/C12H13N5O9S3/c13-11(14)17-12(15)16-8-4-7-5(2-10(8)29(24,25)26)1-6(27(18,19)20)3-9(7)28(21,22)23/h1-4H,(H,18,19,20)(H,21,22,23)(H,24,25,26)(H6,13,14,15,16,17). The van der Waals surface area contributed by atoms with Crippen LogP contribution in [0.1, 0.15) is 0 Å². The molecule has 2 aromatic rings. The number of rotatable bonds is 4. The number of nitrogens with two attached hydrogens (primary N) is 3. The lowest BCUT2D eigenvalue weighted by atomic mass is 10.1. The number of hydrogen-bond donors (Lipinski definition) is 6. The van der Waals surface area contributed by atoms with Crippen molar-refractivity contribution in [2.45, 2.75) is 14.7 Å². The Morgan fingerprint density at radius 2 is 1.31 bits per heavy atom. The van der Waals surface area contributed by atoms with Gasteiger partial charge in [0.2, 0.25) is 5.96 Å². The van der Waals surface area contributed by atoms with Crippen LogP contribution in [0.3, 0.4) is 0 Å². The molecule has 0 fully saturated rings. The molecule has 0 radical (unpaired) electrons. The second kappa shape index (κ2) is 7.21. The van der Waals surface area contributed by atoms with Crippen molar-refractivity contribution < 1.29 is 38.9 Å². The van der Waals surface area contributed by atoms with E-state index in [0.717, 1.165) is 6.07 Å². The molecule has 29 heavy (non-hydrogen) atoms. The molecule has 158 valence electrons. The Morgan fingerprint density at radius 1 is 0.759 bits per heavy atom. The Morgan fingerprint density at radius 3 is 1.76 bits per heavy atom. The largest absolute Gasteiger partial charge is 0.370 e. The van der Waals surface area contributed by atoms with Crippen LogP contribution in [0, 0.1) is 0 Å². The van der Waals surface area contributed by atoms with Crippen LogP contribution in [0.2, 0.25) is 0 Å². The predicted octanol–water partition coefficient (Wildman–Crippen LogP) is -1.20. The number of fused-ring (bicyclic) bond motifs is 1. The fraction of sp³-hybridized carbons (Fsp3) is 0. The summed E-state index contributed by atoms with van der Waals surface area (Å²) in [7, 11) is -15.0. The van der Waals surface area contributed by atoms with E-state index in [1.165, 1.54) is 0 Å². The van der Waals surface area contributed by atoms with Crippen molar-refractivity contribution in [1.29, 1.82) is 0 Å². The van der Waals surface area contributed by atoms with Crippen LogP contribution in [0.25, 0.3) is 10.8 Å². The Kier molecular flexibility index (Phi) is 5.58. The third-order valence-electron chi connectivity index (χ3n) is 3.30. The first-order chi connectivity index (χ1) is 13.0. The van der Waals surface area contributed by atoms with Crippen molar-refractivity contribution in [2.75, 3.05) is 0 Å². The molecule has 0 aromatic heterocycles. The fourth-order valence-electron chi connectivity index (χ4n) is 2.26. The van der Waals surface area contributed by atoms with Gasteiger partial charge in [-0.1, -0.05) is 0 Å². The highest BCUT2D eigenvalue weighted by atomic mass is 32.2. The molecule has 0 unspecified atom stereocenters. The van der Waals surface area contributed by atoms with Crippen molar-refractivity contribution in [3.63, 3.8) is 0 Å². The zero-order valence-electron chi connectivity index (χ0n) is 14.0. The van der Waals surface area contributed by atoms with Crippen molar-refractivity contribution in [2.24, 2.45) is 27.2 Å². The predicted molar refractivity (Wildman–Crippen MR) is 100 cm³/mol. The molecule has 0 heterocycles.